The summed E-state index contributed by atoms with van der Waals surface area (Å²) in [7, 11) is 0. The van der Waals surface area contributed by atoms with Gasteiger partial charge in [0, 0.05) is 16.3 Å². The van der Waals surface area contributed by atoms with E-state index >= 15 is 0 Å². The maximum Gasteiger partial charge on any atom is 0.267 e. The van der Waals surface area contributed by atoms with Crippen molar-refractivity contribution in [2.45, 2.75) is 13.5 Å². The number of aromatic nitrogens is 3. The lowest BCUT2D eigenvalue weighted by atomic mass is 10.1. The fraction of sp³-hybridized carbons (Fsp3) is 0.100. The maximum atomic E-state index is 14.1. The lowest BCUT2D eigenvalue weighted by Gasteiger charge is -2.09. The molecule has 1 amide bonds. The van der Waals surface area contributed by atoms with Crippen molar-refractivity contribution in [3.05, 3.63) is 75.5 Å². The minimum absolute atomic E-state index is 0.00748. The fourth-order valence-corrected chi connectivity index (χ4v) is 3.17. The predicted molar refractivity (Wildman–Crippen MR) is 106 cm³/mol. The fourth-order valence-electron chi connectivity index (χ4n) is 2.94. The van der Waals surface area contributed by atoms with Crippen LogP contribution in [0.5, 0.6) is 0 Å². The zero-order valence-corrected chi connectivity index (χ0v) is 15.9. The highest BCUT2D eigenvalue weighted by molar-refractivity contribution is 6.30. The van der Waals surface area contributed by atoms with Crippen LogP contribution in [0.2, 0.25) is 5.02 Å². The van der Waals surface area contributed by atoms with Crippen molar-refractivity contribution in [2.24, 2.45) is 0 Å². The minimum atomic E-state index is -0.558. The van der Waals surface area contributed by atoms with Crippen LogP contribution in [-0.4, -0.2) is 20.6 Å². The number of hydrogen-bond donors (Lipinski definition) is 1. The summed E-state index contributed by atoms with van der Waals surface area (Å²) in [6, 6.07) is 10.9. The summed E-state index contributed by atoms with van der Waals surface area (Å²) < 4.78 is 20.3. The molecule has 0 unspecified atom stereocenters. The molecule has 2 heterocycles. The van der Waals surface area contributed by atoms with E-state index in [1.54, 1.807) is 31.2 Å². The molecule has 29 heavy (non-hydrogen) atoms. The molecule has 2 aromatic carbocycles. The van der Waals surface area contributed by atoms with E-state index in [0.29, 0.717) is 10.7 Å². The second kappa shape index (κ2) is 7.48. The van der Waals surface area contributed by atoms with Crippen LogP contribution in [0, 0.1) is 12.7 Å². The van der Waals surface area contributed by atoms with Gasteiger partial charge in [0.2, 0.25) is 5.91 Å². The summed E-state index contributed by atoms with van der Waals surface area (Å²) >= 11 is 5.92. The summed E-state index contributed by atoms with van der Waals surface area (Å²) in [6.07, 6.45) is 1.19. The third-order valence-electron chi connectivity index (χ3n) is 4.37. The summed E-state index contributed by atoms with van der Waals surface area (Å²) in [4.78, 5) is 29.3. The van der Waals surface area contributed by atoms with Gasteiger partial charge < -0.3 is 9.84 Å². The van der Waals surface area contributed by atoms with E-state index < -0.39 is 17.3 Å². The monoisotopic (exact) mass is 412 g/mol. The van der Waals surface area contributed by atoms with Gasteiger partial charge in [0.1, 0.15) is 29.8 Å². The Hall–Kier alpha value is -3.52. The number of carbonyl (C=O) groups excluding carboxylic acids is 1. The number of amides is 1. The van der Waals surface area contributed by atoms with Gasteiger partial charge in [0.25, 0.3) is 11.3 Å². The van der Waals surface area contributed by atoms with Crippen LogP contribution in [-0.2, 0) is 11.3 Å². The van der Waals surface area contributed by atoms with E-state index in [-0.39, 0.29) is 28.9 Å². The highest BCUT2D eigenvalue weighted by Gasteiger charge is 2.20. The van der Waals surface area contributed by atoms with Crippen molar-refractivity contribution in [2.75, 3.05) is 5.32 Å². The van der Waals surface area contributed by atoms with E-state index in [0.717, 1.165) is 10.1 Å². The smallest absolute Gasteiger partial charge is 0.267 e. The van der Waals surface area contributed by atoms with Crippen molar-refractivity contribution >= 4 is 34.3 Å². The normalized spacial score (nSPS) is 11.0. The molecule has 0 atom stereocenters. The Balaban J connectivity index is 1.67. The van der Waals surface area contributed by atoms with Gasteiger partial charge in [-0.2, -0.15) is 0 Å². The van der Waals surface area contributed by atoms with Gasteiger partial charge in [-0.15, -0.1) is 0 Å². The Morgan fingerprint density at radius 1 is 1.28 bits per heavy atom. The third-order valence-corrected chi connectivity index (χ3v) is 4.60. The first-order chi connectivity index (χ1) is 13.9. The Morgan fingerprint density at radius 3 is 2.83 bits per heavy atom. The quantitative estimate of drug-likeness (QED) is 0.550. The molecule has 7 nitrogen and oxygen atoms in total. The Bertz CT molecular complexity index is 1300. The number of hydrogen-bond acceptors (Lipinski definition) is 5. The second-order valence-corrected chi connectivity index (χ2v) is 6.81. The van der Waals surface area contributed by atoms with Gasteiger partial charge in [-0.25, -0.2) is 9.37 Å². The number of rotatable bonds is 4. The van der Waals surface area contributed by atoms with Crippen LogP contribution < -0.4 is 10.9 Å². The predicted octanol–water partition coefficient (Wildman–Crippen LogP) is 3.79. The molecular weight excluding hydrogens is 399 g/mol. The number of aryl methyl sites for hydroxylation is 1. The van der Waals surface area contributed by atoms with Crippen molar-refractivity contribution in [3.8, 4) is 11.3 Å². The molecule has 9 heteroatoms. The summed E-state index contributed by atoms with van der Waals surface area (Å²) in [5.41, 5.74) is 0.935. The lowest BCUT2D eigenvalue weighted by Crippen LogP contribution is -2.28. The van der Waals surface area contributed by atoms with Crippen molar-refractivity contribution < 1.29 is 13.7 Å². The van der Waals surface area contributed by atoms with E-state index in [1.165, 1.54) is 24.5 Å². The number of benzene rings is 2. The highest BCUT2D eigenvalue weighted by atomic mass is 35.5. The number of nitrogens with one attached hydrogen (secondary N) is 1. The molecular formula is C20H14ClFN4O3. The van der Waals surface area contributed by atoms with E-state index in [1.807, 2.05) is 0 Å². The molecule has 0 bridgehead atoms. The molecule has 0 spiro atoms. The van der Waals surface area contributed by atoms with Crippen molar-refractivity contribution in [1.29, 1.82) is 0 Å². The van der Waals surface area contributed by atoms with Crippen LogP contribution in [0.3, 0.4) is 0 Å². The zero-order valence-electron chi connectivity index (χ0n) is 15.1. The number of nitrogens with zero attached hydrogens (tertiary/aromatic N) is 3. The molecule has 146 valence electrons. The number of fused-ring (bicyclic) bond motifs is 1. The molecule has 4 aromatic rings. The largest absolute Gasteiger partial charge is 0.335 e. The maximum absolute atomic E-state index is 14.1. The molecule has 0 aliphatic carbocycles. The van der Waals surface area contributed by atoms with Gasteiger partial charge in [0.05, 0.1) is 0 Å². The first kappa shape index (κ1) is 18.8. The van der Waals surface area contributed by atoms with Gasteiger partial charge in [-0.3, -0.25) is 14.2 Å². The Kier molecular flexibility index (Phi) is 4.85. The molecule has 0 radical (unpaired) electrons. The molecule has 0 aliphatic heterocycles. The van der Waals surface area contributed by atoms with Gasteiger partial charge in [-0.1, -0.05) is 28.9 Å². The first-order valence-corrected chi connectivity index (χ1v) is 8.97. The van der Waals surface area contributed by atoms with Gasteiger partial charge >= 0.3 is 0 Å². The first-order valence-electron chi connectivity index (χ1n) is 8.60. The Morgan fingerprint density at radius 2 is 2.07 bits per heavy atom. The molecule has 0 saturated heterocycles. The van der Waals surface area contributed by atoms with Crippen LogP contribution in [0.25, 0.3) is 22.4 Å². The average molecular weight is 413 g/mol. The second-order valence-electron chi connectivity index (χ2n) is 6.38. The van der Waals surface area contributed by atoms with E-state index in [2.05, 4.69) is 15.5 Å². The summed E-state index contributed by atoms with van der Waals surface area (Å²) in [6.45, 7) is 1.52. The van der Waals surface area contributed by atoms with Crippen LogP contribution >= 0.6 is 11.6 Å². The standard InChI is InChI=1S/C20H14ClFN4O3/c1-11-8-12(21)6-7-15(11)24-16(27)9-26-10-23-19-17(20(26)28)18(25-29-19)13-4-2-3-5-14(13)22/h2-8,10H,9H2,1H3,(H,24,27). The van der Waals surface area contributed by atoms with Gasteiger partial charge in [-0.05, 0) is 42.8 Å². The van der Waals surface area contributed by atoms with Gasteiger partial charge in [0.15, 0.2) is 0 Å². The third kappa shape index (κ3) is 3.62. The molecule has 0 aliphatic rings. The SMILES string of the molecule is Cc1cc(Cl)ccc1NC(=O)Cn1cnc2onc(-c3ccccc3F)c2c1=O. The van der Waals surface area contributed by atoms with Crippen molar-refractivity contribution in [1.82, 2.24) is 14.7 Å². The molecule has 0 fully saturated rings. The lowest BCUT2D eigenvalue weighted by molar-refractivity contribution is -0.116. The van der Waals surface area contributed by atoms with Crippen LogP contribution in [0.4, 0.5) is 10.1 Å². The minimum Gasteiger partial charge on any atom is -0.335 e. The number of halogens is 2. The molecule has 1 N–H and O–H groups in total. The number of carbonyl (C=O) groups is 1. The topological polar surface area (TPSA) is 90.0 Å². The molecule has 0 saturated carbocycles. The van der Waals surface area contributed by atoms with Crippen LogP contribution in [0.15, 0.2) is 58.1 Å². The van der Waals surface area contributed by atoms with Crippen molar-refractivity contribution in [3.63, 3.8) is 0 Å². The number of anilines is 1. The molecule has 2 aromatic heterocycles. The highest BCUT2D eigenvalue weighted by Crippen LogP contribution is 2.26. The molecule has 4 rings (SSSR count). The summed E-state index contributed by atoms with van der Waals surface area (Å²) in [5.74, 6) is -0.976. The Labute approximate surface area is 168 Å². The van der Waals surface area contributed by atoms with E-state index in [9.17, 15) is 14.0 Å². The average Bonchev–Trinajstić information content (AvgIpc) is 3.11. The zero-order chi connectivity index (χ0) is 20.5. The van der Waals surface area contributed by atoms with Crippen LogP contribution in [0.1, 0.15) is 5.56 Å². The summed E-state index contributed by atoms with van der Waals surface area (Å²) in [5, 5.41) is 7.08. The van der Waals surface area contributed by atoms with E-state index in [4.69, 9.17) is 16.1 Å².